The standard InChI is InChI=1S/C15H12F3N5O3/c16-15(17,18)14-21-12(22-26-14)9-2-3-19-11(6-9)25-8-10-7-20-23-4-1-5-24-13(10)23/h2-3,6-7H,1,4-5,8H2. The number of pyridine rings is 1. The minimum absolute atomic E-state index is 0.159. The maximum atomic E-state index is 12.6. The van der Waals surface area contributed by atoms with Crippen LogP contribution >= 0.6 is 0 Å². The Labute approximate surface area is 144 Å². The summed E-state index contributed by atoms with van der Waals surface area (Å²) in [5.41, 5.74) is 1.05. The van der Waals surface area contributed by atoms with Crippen molar-refractivity contribution >= 4 is 0 Å². The fourth-order valence-electron chi connectivity index (χ4n) is 2.46. The molecule has 0 spiro atoms. The molecule has 136 valence electrons. The summed E-state index contributed by atoms with van der Waals surface area (Å²) in [6.07, 6.45) is -0.764. The molecule has 1 aliphatic rings. The summed E-state index contributed by atoms with van der Waals surface area (Å²) < 4.78 is 54.8. The van der Waals surface area contributed by atoms with Crippen molar-refractivity contribution in [1.29, 1.82) is 0 Å². The van der Waals surface area contributed by atoms with Crippen LogP contribution in [0.15, 0.2) is 29.0 Å². The van der Waals surface area contributed by atoms with Crippen molar-refractivity contribution in [3.8, 4) is 23.1 Å². The van der Waals surface area contributed by atoms with Gasteiger partial charge < -0.3 is 14.0 Å². The molecule has 1 aliphatic heterocycles. The van der Waals surface area contributed by atoms with Gasteiger partial charge in [-0.05, 0) is 6.07 Å². The number of hydrogen-bond acceptors (Lipinski definition) is 7. The fraction of sp³-hybridized carbons (Fsp3) is 0.333. The van der Waals surface area contributed by atoms with Gasteiger partial charge in [-0.25, -0.2) is 9.67 Å². The van der Waals surface area contributed by atoms with Crippen molar-refractivity contribution in [2.24, 2.45) is 0 Å². The molecule has 3 aromatic rings. The lowest BCUT2D eigenvalue weighted by Gasteiger charge is -2.16. The maximum Gasteiger partial charge on any atom is 0.471 e. The second-order valence-electron chi connectivity index (χ2n) is 5.49. The summed E-state index contributed by atoms with van der Waals surface area (Å²) in [5.74, 6) is -0.747. The number of aromatic nitrogens is 5. The molecule has 8 nitrogen and oxygen atoms in total. The van der Waals surface area contributed by atoms with Crippen molar-refractivity contribution in [2.45, 2.75) is 25.7 Å². The van der Waals surface area contributed by atoms with E-state index in [-0.39, 0.29) is 18.3 Å². The molecule has 0 fully saturated rings. The Kier molecular flexibility index (Phi) is 3.98. The molecule has 0 amide bonds. The summed E-state index contributed by atoms with van der Waals surface area (Å²) in [6, 6.07) is 2.89. The minimum Gasteiger partial charge on any atom is -0.477 e. The summed E-state index contributed by atoms with van der Waals surface area (Å²) in [6.45, 7) is 1.56. The molecule has 0 unspecified atom stereocenters. The first kappa shape index (κ1) is 16.4. The van der Waals surface area contributed by atoms with Crippen molar-refractivity contribution in [2.75, 3.05) is 6.61 Å². The predicted octanol–water partition coefficient (Wildman–Crippen LogP) is 2.71. The third-order valence-corrected chi connectivity index (χ3v) is 3.65. The van der Waals surface area contributed by atoms with Crippen molar-refractivity contribution in [1.82, 2.24) is 24.9 Å². The Morgan fingerprint density at radius 2 is 2.19 bits per heavy atom. The molecule has 4 rings (SSSR count). The zero-order valence-corrected chi connectivity index (χ0v) is 13.2. The molecule has 0 N–H and O–H groups in total. The molecule has 3 aromatic heterocycles. The summed E-state index contributed by atoms with van der Waals surface area (Å²) >= 11 is 0. The van der Waals surface area contributed by atoms with Gasteiger partial charge in [0.1, 0.15) is 6.61 Å². The first-order valence-corrected chi connectivity index (χ1v) is 7.68. The second kappa shape index (κ2) is 6.32. The van der Waals surface area contributed by atoms with Crippen molar-refractivity contribution in [3.05, 3.63) is 36.0 Å². The van der Waals surface area contributed by atoms with Crippen LogP contribution in [0.3, 0.4) is 0 Å². The van der Waals surface area contributed by atoms with Gasteiger partial charge in [0.2, 0.25) is 17.6 Å². The van der Waals surface area contributed by atoms with Crippen LogP contribution in [0.5, 0.6) is 11.8 Å². The lowest BCUT2D eigenvalue weighted by atomic mass is 10.2. The quantitative estimate of drug-likeness (QED) is 0.700. The predicted molar refractivity (Wildman–Crippen MR) is 79.2 cm³/mol. The molecule has 0 radical (unpaired) electrons. The smallest absolute Gasteiger partial charge is 0.471 e. The molecule has 11 heteroatoms. The monoisotopic (exact) mass is 367 g/mol. The number of nitrogens with zero attached hydrogens (tertiary/aromatic N) is 5. The maximum absolute atomic E-state index is 12.6. The van der Waals surface area contributed by atoms with E-state index in [1.54, 1.807) is 10.9 Å². The van der Waals surface area contributed by atoms with Crippen LogP contribution < -0.4 is 9.47 Å². The van der Waals surface area contributed by atoms with E-state index in [9.17, 15) is 13.2 Å². The molecule has 4 heterocycles. The van der Waals surface area contributed by atoms with E-state index in [0.717, 1.165) is 18.5 Å². The SMILES string of the molecule is FC(F)(F)c1nc(-c2ccnc(OCc3cnn4c3OCCC4)c2)no1. The summed E-state index contributed by atoms with van der Waals surface area (Å²) in [7, 11) is 0. The minimum atomic E-state index is -4.70. The lowest BCUT2D eigenvalue weighted by Crippen LogP contribution is -2.15. The van der Waals surface area contributed by atoms with Crippen LogP contribution in [-0.2, 0) is 19.3 Å². The zero-order chi connectivity index (χ0) is 18.1. The molecule has 0 saturated carbocycles. The van der Waals surface area contributed by atoms with Gasteiger partial charge in [0.15, 0.2) is 0 Å². The number of fused-ring (bicyclic) bond motifs is 1. The van der Waals surface area contributed by atoms with E-state index < -0.39 is 12.1 Å². The van der Waals surface area contributed by atoms with Crippen LogP contribution in [0.2, 0.25) is 0 Å². The Hall–Kier alpha value is -3.11. The van der Waals surface area contributed by atoms with Gasteiger partial charge in [-0.3, -0.25) is 0 Å². The molecular weight excluding hydrogens is 355 g/mol. The van der Waals surface area contributed by atoms with E-state index in [2.05, 4.69) is 24.7 Å². The average Bonchev–Trinajstić information content (AvgIpc) is 3.27. The topological polar surface area (TPSA) is 88.1 Å². The normalized spacial score (nSPS) is 14.0. The van der Waals surface area contributed by atoms with Crippen molar-refractivity contribution in [3.63, 3.8) is 0 Å². The van der Waals surface area contributed by atoms with Crippen LogP contribution in [0.4, 0.5) is 13.2 Å². The molecule has 26 heavy (non-hydrogen) atoms. The van der Waals surface area contributed by atoms with Gasteiger partial charge >= 0.3 is 12.1 Å². The van der Waals surface area contributed by atoms with Crippen LogP contribution in [0.1, 0.15) is 17.9 Å². The highest BCUT2D eigenvalue weighted by Gasteiger charge is 2.38. The Morgan fingerprint density at radius 3 is 3.00 bits per heavy atom. The number of aryl methyl sites for hydroxylation is 1. The number of ether oxygens (including phenoxy) is 2. The molecular formula is C15H12F3N5O3. The number of alkyl halides is 3. The summed E-state index contributed by atoms with van der Waals surface area (Å²) in [4.78, 5) is 7.37. The molecule has 0 aromatic carbocycles. The Bertz CT molecular complexity index is 921. The van der Waals surface area contributed by atoms with Gasteiger partial charge in [0.05, 0.1) is 18.4 Å². The van der Waals surface area contributed by atoms with Crippen LogP contribution in [-0.4, -0.2) is 31.5 Å². The van der Waals surface area contributed by atoms with Crippen molar-refractivity contribution < 1.29 is 27.2 Å². The van der Waals surface area contributed by atoms with Gasteiger partial charge in [-0.15, -0.1) is 0 Å². The molecule has 0 bridgehead atoms. The van der Waals surface area contributed by atoms with Gasteiger partial charge in [-0.1, -0.05) is 5.16 Å². The van der Waals surface area contributed by atoms with E-state index in [0.29, 0.717) is 18.1 Å². The van der Waals surface area contributed by atoms with E-state index in [1.807, 2.05) is 0 Å². The van der Waals surface area contributed by atoms with Gasteiger partial charge in [0.25, 0.3) is 0 Å². The number of halogens is 3. The molecule has 0 aliphatic carbocycles. The van der Waals surface area contributed by atoms with Gasteiger partial charge in [0, 0.05) is 30.8 Å². The lowest BCUT2D eigenvalue weighted by molar-refractivity contribution is -0.159. The third-order valence-electron chi connectivity index (χ3n) is 3.65. The summed E-state index contributed by atoms with van der Waals surface area (Å²) in [5, 5.41) is 7.55. The Balaban J connectivity index is 1.49. The number of rotatable bonds is 4. The highest BCUT2D eigenvalue weighted by Crippen LogP contribution is 2.30. The fourth-order valence-corrected chi connectivity index (χ4v) is 2.46. The molecule has 0 atom stereocenters. The largest absolute Gasteiger partial charge is 0.477 e. The highest BCUT2D eigenvalue weighted by molar-refractivity contribution is 5.55. The Morgan fingerprint density at radius 1 is 1.31 bits per heavy atom. The highest BCUT2D eigenvalue weighted by atomic mass is 19.4. The van der Waals surface area contributed by atoms with E-state index in [1.165, 1.54) is 18.3 Å². The third kappa shape index (κ3) is 3.19. The first-order valence-electron chi connectivity index (χ1n) is 7.68. The number of hydrogen-bond donors (Lipinski definition) is 0. The van der Waals surface area contributed by atoms with Gasteiger partial charge in [-0.2, -0.15) is 23.3 Å². The van der Waals surface area contributed by atoms with E-state index >= 15 is 0 Å². The molecule has 0 saturated heterocycles. The van der Waals surface area contributed by atoms with Crippen LogP contribution in [0.25, 0.3) is 11.4 Å². The zero-order valence-electron chi connectivity index (χ0n) is 13.2. The van der Waals surface area contributed by atoms with E-state index in [4.69, 9.17) is 9.47 Å². The van der Waals surface area contributed by atoms with Crippen LogP contribution in [0, 0.1) is 0 Å². The first-order chi connectivity index (χ1) is 12.5. The average molecular weight is 367 g/mol. The second-order valence-corrected chi connectivity index (χ2v) is 5.49.